The maximum atomic E-state index is 14.2. The zero-order valence-corrected chi connectivity index (χ0v) is 20.8. The molecule has 0 fully saturated rings. The highest BCUT2D eigenvalue weighted by Crippen LogP contribution is 2.36. The normalized spacial score (nSPS) is 11.7. The van der Waals surface area contributed by atoms with Crippen molar-refractivity contribution in [2.24, 2.45) is 0 Å². The van der Waals surface area contributed by atoms with Crippen LogP contribution in [0.4, 0.5) is 4.39 Å². The number of aromatic nitrogens is 3. The minimum atomic E-state index is -1.22. The minimum Gasteiger partial charge on any atom is -0.496 e. The number of halogens is 1. The van der Waals surface area contributed by atoms with Crippen LogP contribution in [0, 0.1) is 5.82 Å². The summed E-state index contributed by atoms with van der Waals surface area (Å²) in [7, 11) is 0.324. The van der Waals surface area contributed by atoms with E-state index in [-0.39, 0.29) is 12.5 Å². The predicted octanol–water partition coefficient (Wildman–Crippen LogP) is 6.04. The molecular weight excluding hydrogens is 449 g/mol. The van der Waals surface area contributed by atoms with E-state index in [2.05, 4.69) is 24.6 Å². The average molecular weight is 478 g/mol. The molecule has 0 amide bonds. The van der Waals surface area contributed by atoms with Crippen LogP contribution in [0.15, 0.2) is 54.7 Å². The van der Waals surface area contributed by atoms with Gasteiger partial charge in [-0.05, 0) is 41.9 Å². The van der Waals surface area contributed by atoms with Crippen molar-refractivity contribution in [1.82, 2.24) is 14.8 Å². The molecule has 2 aromatic heterocycles. The lowest BCUT2D eigenvalue weighted by molar-refractivity contribution is 0.0814. The molecule has 2 heterocycles. The predicted molar refractivity (Wildman–Crippen MR) is 134 cm³/mol. The number of hydrogen-bond donors (Lipinski definition) is 0. The van der Waals surface area contributed by atoms with E-state index in [0.29, 0.717) is 34.8 Å². The van der Waals surface area contributed by atoms with Gasteiger partial charge in [-0.2, -0.15) is 5.10 Å². The average Bonchev–Trinajstić information content (AvgIpc) is 3.19. The Morgan fingerprint density at radius 1 is 1.09 bits per heavy atom. The van der Waals surface area contributed by atoms with E-state index in [9.17, 15) is 9.18 Å². The summed E-state index contributed by atoms with van der Waals surface area (Å²) in [4.78, 5) is 15.9. The van der Waals surface area contributed by atoms with Gasteiger partial charge in [-0.3, -0.25) is 4.79 Å². The maximum absolute atomic E-state index is 14.2. The topological polar surface area (TPSA) is 66.2 Å². The molecule has 34 heavy (non-hydrogen) atoms. The van der Waals surface area contributed by atoms with E-state index >= 15 is 0 Å². The second-order valence-electron chi connectivity index (χ2n) is 9.38. The van der Waals surface area contributed by atoms with Crippen LogP contribution < -0.4 is 4.74 Å². The molecule has 0 radical (unpaired) electrons. The highest BCUT2D eigenvalue weighted by molar-refractivity contribution is 6.76. The molecule has 4 rings (SSSR count). The van der Waals surface area contributed by atoms with Gasteiger partial charge in [0.25, 0.3) is 0 Å². The molecule has 0 aliphatic carbocycles. The second kappa shape index (κ2) is 9.86. The third kappa shape index (κ3) is 5.24. The molecule has 176 valence electrons. The van der Waals surface area contributed by atoms with Gasteiger partial charge < -0.3 is 9.47 Å². The Kier molecular flexibility index (Phi) is 6.90. The summed E-state index contributed by atoms with van der Waals surface area (Å²) in [6.07, 6.45) is 2.56. The quantitative estimate of drug-likeness (QED) is 0.167. The third-order valence-electron chi connectivity index (χ3n) is 5.57. The molecule has 0 unspecified atom stereocenters. The van der Waals surface area contributed by atoms with Crippen LogP contribution in [-0.2, 0) is 11.5 Å². The van der Waals surface area contributed by atoms with Crippen LogP contribution in [-0.4, -0.2) is 42.8 Å². The number of hydrogen-bond acceptors (Lipinski definition) is 5. The van der Waals surface area contributed by atoms with Crippen molar-refractivity contribution < 1.29 is 18.7 Å². The number of carbonyl (C=O) groups excluding carboxylic acids is 1. The zero-order chi connectivity index (χ0) is 24.3. The standard InChI is InChI=1S/C26H28FN3O3Si/c1-32-24-9-8-21(27)14-22(24)25-23-13-20(19-7-5-6-18(12-19)16-31)15-28-26(23)30(29-25)17-33-10-11-34(2,3)4/h5-9,12-16H,10-11,17H2,1-4H3. The first kappa shape index (κ1) is 23.8. The van der Waals surface area contributed by atoms with Crippen molar-refractivity contribution in [3.8, 4) is 28.1 Å². The lowest BCUT2D eigenvalue weighted by Gasteiger charge is -2.15. The van der Waals surface area contributed by atoms with E-state index in [1.54, 1.807) is 30.1 Å². The van der Waals surface area contributed by atoms with E-state index in [0.717, 1.165) is 28.8 Å². The van der Waals surface area contributed by atoms with Gasteiger partial charge in [0.05, 0.1) is 7.11 Å². The molecular formula is C26H28FN3O3Si. The minimum absolute atomic E-state index is 0.242. The molecule has 0 atom stereocenters. The van der Waals surface area contributed by atoms with Crippen molar-refractivity contribution in [1.29, 1.82) is 0 Å². The summed E-state index contributed by atoms with van der Waals surface area (Å²) in [5.74, 6) is 0.133. The number of pyridine rings is 1. The number of methoxy groups -OCH3 is 1. The van der Waals surface area contributed by atoms with Gasteiger partial charge in [0, 0.05) is 43.0 Å². The molecule has 0 bridgehead atoms. The number of ether oxygens (including phenoxy) is 2. The fourth-order valence-corrected chi connectivity index (χ4v) is 4.45. The first-order valence-corrected chi connectivity index (χ1v) is 14.8. The summed E-state index contributed by atoms with van der Waals surface area (Å²) in [5, 5.41) is 5.49. The van der Waals surface area contributed by atoms with E-state index < -0.39 is 8.07 Å². The Morgan fingerprint density at radius 2 is 1.91 bits per heavy atom. The molecule has 0 saturated heterocycles. The van der Waals surface area contributed by atoms with Gasteiger partial charge in [0.15, 0.2) is 5.65 Å². The Hall–Kier alpha value is -3.36. The van der Waals surface area contributed by atoms with Gasteiger partial charge >= 0.3 is 0 Å². The summed E-state index contributed by atoms with van der Waals surface area (Å²) in [5.41, 5.74) is 3.98. The van der Waals surface area contributed by atoms with Gasteiger partial charge in [-0.1, -0.05) is 37.8 Å². The van der Waals surface area contributed by atoms with Crippen LogP contribution in [0.5, 0.6) is 5.75 Å². The number of aldehydes is 1. The van der Waals surface area contributed by atoms with E-state index in [1.807, 2.05) is 24.3 Å². The van der Waals surface area contributed by atoms with Gasteiger partial charge in [-0.15, -0.1) is 0 Å². The number of carbonyl (C=O) groups is 1. The smallest absolute Gasteiger partial charge is 0.160 e. The Bertz CT molecular complexity index is 1330. The van der Waals surface area contributed by atoms with Crippen LogP contribution in [0.1, 0.15) is 10.4 Å². The first-order chi connectivity index (χ1) is 16.3. The van der Waals surface area contributed by atoms with Crippen molar-refractivity contribution in [3.63, 3.8) is 0 Å². The van der Waals surface area contributed by atoms with Crippen molar-refractivity contribution in [3.05, 3.63) is 66.1 Å². The monoisotopic (exact) mass is 477 g/mol. The Labute approximate surface area is 199 Å². The summed E-state index contributed by atoms with van der Waals surface area (Å²) in [6, 6.07) is 14.7. The molecule has 2 aromatic carbocycles. The van der Waals surface area contributed by atoms with Crippen LogP contribution >= 0.6 is 0 Å². The van der Waals surface area contributed by atoms with Crippen LogP contribution in [0.25, 0.3) is 33.4 Å². The van der Waals surface area contributed by atoms with E-state index in [1.165, 1.54) is 12.1 Å². The molecule has 0 N–H and O–H groups in total. The molecule has 0 aliphatic rings. The van der Waals surface area contributed by atoms with Crippen molar-refractivity contribution in [2.45, 2.75) is 32.4 Å². The number of fused-ring (bicyclic) bond motifs is 1. The highest BCUT2D eigenvalue weighted by Gasteiger charge is 2.19. The summed E-state index contributed by atoms with van der Waals surface area (Å²) in [6.45, 7) is 7.79. The van der Waals surface area contributed by atoms with E-state index in [4.69, 9.17) is 14.6 Å². The number of benzene rings is 2. The third-order valence-corrected chi connectivity index (χ3v) is 7.27. The summed E-state index contributed by atoms with van der Waals surface area (Å²) >= 11 is 0. The van der Waals surface area contributed by atoms with Crippen molar-refractivity contribution in [2.75, 3.05) is 13.7 Å². The molecule has 4 aromatic rings. The first-order valence-electron chi connectivity index (χ1n) is 11.1. The number of nitrogens with zero attached hydrogens (tertiary/aromatic N) is 3. The molecule has 0 aliphatic heterocycles. The Balaban J connectivity index is 1.81. The lowest BCUT2D eigenvalue weighted by Crippen LogP contribution is -2.22. The van der Waals surface area contributed by atoms with Gasteiger partial charge in [0.1, 0.15) is 30.3 Å². The fourth-order valence-electron chi connectivity index (χ4n) is 3.69. The summed E-state index contributed by atoms with van der Waals surface area (Å²) < 4.78 is 27.3. The zero-order valence-electron chi connectivity index (χ0n) is 19.8. The largest absolute Gasteiger partial charge is 0.496 e. The van der Waals surface area contributed by atoms with Gasteiger partial charge in [-0.25, -0.2) is 14.1 Å². The van der Waals surface area contributed by atoms with Gasteiger partial charge in [0.2, 0.25) is 0 Å². The lowest BCUT2D eigenvalue weighted by atomic mass is 10.0. The maximum Gasteiger partial charge on any atom is 0.160 e. The van der Waals surface area contributed by atoms with Crippen LogP contribution in [0.2, 0.25) is 25.7 Å². The molecule has 0 spiro atoms. The molecule has 8 heteroatoms. The molecule has 0 saturated carbocycles. The molecule has 6 nitrogen and oxygen atoms in total. The number of rotatable bonds is 9. The van der Waals surface area contributed by atoms with Crippen molar-refractivity contribution >= 4 is 25.4 Å². The Morgan fingerprint density at radius 3 is 2.65 bits per heavy atom. The second-order valence-corrected chi connectivity index (χ2v) is 15.0. The highest BCUT2D eigenvalue weighted by atomic mass is 28.3. The SMILES string of the molecule is COc1ccc(F)cc1-c1nn(COCC[Si](C)(C)C)c2ncc(-c3cccc(C=O)c3)cc12. The van der Waals surface area contributed by atoms with Crippen LogP contribution in [0.3, 0.4) is 0 Å². The fraction of sp³-hybridized carbons (Fsp3) is 0.269.